The second-order valence-electron chi connectivity index (χ2n) is 11.1. The van der Waals surface area contributed by atoms with E-state index in [1.807, 2.05) is 53.9 Å². The third-order valence-electron chi connectivity index (χ3n) is 8.55. The molecule has 2 aromatic heterocycles. The minimum atomic E-state index is -1.05. The van der Waals surface area contributed by atoms with Crippen molar-refractivity contribution < 1.29 is 29.1 Å². The number of imide groups is 1. The minimum Gasteiger partial charge on any atom is -0.507 e. The van der Waals surface area contributed by atoms with E-state index in [1.165, 1.54) is 16.2 Å². The first-order valence-electron chi connectivity index (χ1n) is 14.3. The van der Waals surface area contributed by atoms with Gasteiger partial charge in [-0.2, -0.15) is 0 Å². The maximum absolute atomic E-state index is 13.8. The number of phenolic OH excluding ortho intramolecular Hbond substituents is 1. The smallest absolute Gasteiger partial charge is 0.455 e. The quantitative estimate of drug-likeness (QED) is 0.211. The molecule has 2 amide bonds. The van der Waals surface area contributed by atoms with Crippen molar-refractivity contribution in [3.05, 3.63) is 93.5 Å². The van der Waals surface area contributed by atoms with Crippen molar-refractivity contribution in [2.45, 2.75) is 38.2 Å². The van der Waals surface area contributed by atoms with Crippen LogP contribution in [0.1, 0.15) is 35.4 Å². The number of thiophene rings is 1. The molecule has 4 heterocycles. The van der Waals surface area contributed by atoms with E-state index in [2.05, 4.69) is 4.98 Å². The monoisotopic (exact) mass is 584 g/mol. The van der Waals surface area contributed by atoms with Gasteiger partial charge in [-0.1, -0.05) is 30.3 Å². The average Bonchev–Trinajstić information content (AvgIpc) is 3.59. The van der Waals surface area contributed by atoms with Crippen molar-refractivity contribution in [3.8, 4) is 5.75 Å². The van der Waals surface area contributed by atoms with Gasteiger partial charge in [0, 0.05) is 23.7 Å². The molecule has 0 unspecified atom stereocenters. The Hall–Kier alpha value is -3.57. The van der Waals surface area contributed by atoms with E-state index in [0.717, 1.165) is 27.3 Å². The van der Waals surface area contributed by atoms with E-state index < -0.39 is 25.1 Å². The molecule has 2 N–H and O–H groups in total. The molecule has 216 valence electrons. The Balaban J connectivity index is 1.31. The van der Waals surface area contributed by atoms with Crippen molar-refractivity contribution in [1.82, 2.24) is 9.88 Å². The van der Waals surface area contributed by atoms with E-state index >= 15 is 0 Å². The number of methoxy groups -OCH3 is 1. The number of hydrogen-bond donors (Lipinski definition) is 2. The summed E-state index contributed by atoms with van der Waals surface area (Å²) < 4.78 is 11.7. The zero-order valence-electron chi connectivity index (χ0n) is 23.4. The van der Waals surface area contributed by atoms with Crippen LogP contribution in [-0.2, 0) is 25.5 Å². The number of aromatic hydroxyl groups is 1. The summed E-state index contributed by atoms with van der Waals surface area (Å²) in [5.41, 5.74) is 4.33. The van der Waals surface area contributed by atoms with Crippen molar-refractivity contribution in [2.24, 2.45) is 17.8 Å². The lowest BCUT2D eigenvalue weighted by Crippen LogP contribution is -2.46. The van der Waals surface area contributed by atoms with Crippen LogP contribution < -0.4 is 0 Å². The highest BCUT2D eigenvalue weighted by Gasteiger charge is 2.57. The van der Waals surface area contributed by atoms with Crippen LogP contribution in [0.25, 0.3) is 11.6 Å². The fourth-order valence-electron chi connectivity index (χ4n) is 6.76. The number of amides is 2. The average molecular weight is 585 g/mol. The number of fused-ring (bicyclic) bond motifs is 3. The fourth-order valence-corrected chi connectivity index (χ4v) is 7.45. The van der Waals surface area contributed by atoms with Gasteiger partial charge in [0.2, 0.25) is 11.8 Å². The van der Waals surface area contributed by atoms with Crippen LogP contribution in [-0.4, -0.2) is 58.8 Å². The topological polar surface area (TPSA) is 109 Å². The number of benzene rings is 1. The first-order chi connectivity index (χ1) is 20.4. The molecule has 2 saturated heterocycles. The summed E-state index contributed by atoms with van der Waals surface area (Å²) in [4.78, 5) is 34.3. The standard InChI is InChI=1S/C32H33BN2O6S/c1-40-19-22-16-24-30(32(38)35(31(24)37)18-23-8-6-14-42-23)25-17-33(39)41-28(29(22)25)12-11-20(26-9-4-5-13-34-26)15-21-7-2-3-10-27(21)36/h2-10,13-15,24-25,28,30,36,39H,11-12,16-19H2,1H3/b20-15-/t24-,25+,28-,30-/m1/s1. The molecule has 3 aliphatic rings. The third kappa shape index (κ3) is 5.59. The number of phenols is 1. The van der Waals surface area contributed by atoms with Gasteiger partial charge in [-0.05, 0) is 83.9 Å². The Morgan fingerprint density at radius 1 is 1.14 bits per heavy atom. The Morgan fingerprint density at radius 2 is 1.98 bits per heavy atom. The first kappa shape index (κ1) is 28.5. The Bertz CT molecular complexity index is 1510. The van der Waals surface area contributed by atoms with Crippen LogP contribution in [0.3, 0.4) is 0 Å². The number of carbonyl (C=O) groups is 2. The summed E-state index contributed by atoms with van der Waals surface area (Å²) in [5.74, 6) is -1.44. The second kappa shape index (κ2) is 12.3. The molecule has 2 fully saturated rings. The summed E-state index contributed by atoms with van der Waals surface area (Å²) in [5, 5.41) is 23.3. The largest absolute Gasteiger partial charge is 0.507 e. The number of carbonyl (C=O) groups excluding carboxylic acids is 2. The zero-order valence-corrected chi connectivity index (χ0v) is 24.2. The van der Waals surface area contributed by atoms with Crippen molar-refractivity contribution in [2.75, 3.05) is 13.7 Å². The van der Waals surface area contributed by atoms with E-state index in [0.29, 0.717) is 31.4 Å². The number of likely N-dealkylation sites (tertiary alicyclic amines) is 1. The van der Waals surface area contributed by atoms with Gasteiger partial charge in [0.1, 0.15) is 5.75 Å². The summed E-state index contributed by atoms with van der Waals surface area (Å²) in [6.07, 6.45) is 4.96. The molecule has 4 atom stereocenters. The maximum atomic E-state index is 13.8. The van der Waals surface area contributed by atoms with Crippen molar-refractivity contribution in [1.29, 1.82) is 0 Å². The third-order valence-corrected chi connectivity index (χ3v) is 9.41. The molecular weight excluding hydrogens is 551 g/mol. The first-order valence-corrected chi connectivity index (χ1v) is 15.1. The molecule has 42 heavy (non-hydrogen) atoms. The lowest BCUT2D eigenvalue weighted by Gasteiger charge is -2.43. The zero-order chi connectivity index (χ0) is 29.2. The minimum absolute atomic E-state index is 0.147. The molecule has 2 aliphatic heterocycles. The molecule has 0 bridgehead atoms. The normalized spacial score (nSPS) is 24.3. The molecule has 1 aromatic carbocycles. The number of aromatic nitrogens is 1. The van der Waals surface area contributed by atoms with Gasteiger partial charge in [0.25, 0.3) is 0 Å². The molecular formula is C32H33BN2O6S. The van der Waals surface area contributed by atoms with E-state index in [-0.39, 0.29) is 36.3 Å². The summed E-state index contributed by atoms with van der Waals surface area (Å²) in [6.45, 7) is 0.606. The Morgan fingerprint density at radius 3 is 2.71 bits per heavy atom. The number of ether oxygens (including phenoxy) is 1. The van der Waals surface area contributed by atoms with Crippen molar-refractivity contribution >= 4 is 41.9 Å². The van der Waals surface area contributed by atoms with Crippen LogP contribution in [0.2, 0.25) is 6.32 Å². The summed E-state index contributed by atoms with van der Waals surface area (Å²) in [7, 11) is 0.572. The van der Waals surface area contributed by atoms with Crippen LogP contribution in [0.15, 0.2) is 77.3 Å². The number of rotatable bonds is 9. The predicted molar refractivity (Wildman–Crippen MR) is 161 cm³/mol. The molecule has 1 aliphatic carbocycles. The lowest BCUT2D eigenvalue weighted by molar-refractivity contribution is -0.140. The van der Waals surface area contributed by atoms with Crippen LogP contribution in [0, 0.1) is 17.8 Å². The lowest BCUT2D eigenvalue weighted by atomic mass is 9.58. The number of allylic oxidation sites excluding steroid dienone is 1. The highest BCUT2D eigenvalue weighted by molar-refractivity contribution is 7.09. The van der Waals surface area contributed by atoms with Gasteiger partial charge in [-0.25, -0.2) is 0 Å². The number of pyridine rings is 1. The molecule has 10 heteroatoms. The maximum Gasteiger partial charge on any atom is 0.455 e. The summed E-state index contributed by atoms with van der Waals surface area (Å²) in [6, 6.07) is 16.7. The molecule has 6 rings (SSSR count). The van der Waals surface area contributed by atoms with E-state index in [1.54, 1.807) is 25.4 Å². The van der Waals surface area contributed by atoms with E-state index in [9.17, 15) is 19.7 Å². The number of para-hydroxylation sites is 1. The Kier molecular flexibility index (Phi) is 8.39. The summed E-state index contributed by atoms with van der Waals surface area (Å²) >= 11 is 1.53. The van der Waals surface area contributed by atoms with E-state index in [4.69, 9.17) is 9.39 Å². The van der Waals surface area contributed by atoms with Crippen molar-refractivity contribution in [3.63, 3.8) is 0 Å². The van der Waals surface area contributed by atoms with Gasteiger partial charge in [-0.15, -0.1) is 11.3 Å². The highest BCUT2D eigenvalue weighted by atomic mass is 32.1. The molecule has 3 aromatic rings. The van der Waals surface area contributed by atoms with Gasteiger partial charge in [0.05, 0.1) is 36.8 Å². The van der Waals surface area contributed by atoms with Gasteiger partial charge in [0.15, 0.2) is 0 Å². The predicted octanol–water partition coefficient (Wildman–Crippen LogP) is 4.81. The SMILES string of the molecule is COCC1=C2[C@@H](CC/C(=C/c3ccccc3O)c3ccccn3)OB(O)C[C@@H]2[C@@H]2C(=O)N(Cc3cccs3)C(=O)[C@@H]2C1. The van der Waals surface area contributed by atoms with Crippen LogP contribution >= 0.6 is 11.3 Å². The number of nitrogens with zero attached hydrogens (tertiary/aromatic N) is 2. The van der Waals surface area contributed by atoms with Crippen LogP contribution in [0.4, 0.5) is 0 Å². The van der Waals surface area contributed by atoms with Crippen LogP contribution in [0.5, 0.6) is 5.75 Å². The van der Waals surface area contributed by atoms with Gasteiger partial charge >= 0.3 is 7.12 Å². The second-order valence-corrected chi connectivity index (χ2v) is 12.1. The molecule has 0 saturated carbocycles. The van der Waals surface area contributed by atoms with Gasteiger partial charge < -0.3 is 19.5 Å². The fraction of sp³-hybridized carbons (Fsp3) is 0.344. The van der Waals surface area contributed by atoms with Gasteiger partial charge in [-0.3, -0.25) is 19.5 Å². The number of hydrogen-bond acceptors (Lipinski definition) is 8. The molecule has 8 nitrogen and oxygen atoms in total. The molecule has 0 radical (unpaired) electrons. The Labute approximate surface area is 249 Å². The highest BCUT2D eigenvalue weighted by Crippen LogP contribution is 2.51. The molecule has 0 spiro atoms.